The summed E-state index contributed by atoms with van der Waals surface area (Å²) in [6, 6.07) is 4.93. The summed E-state index contributed by atoms with van der Waals surface area (Å²) in [5.41, 5.74) is 1.24. The van der Waals surface area contributed by atoms with E-state index >= 15 is 0 Å². The summed E-state index contributed by atoms with van der Waals surface area (Å²) in [7, 11) is 1.96. The van der Waals surface area contributed by atoms with Gasteiger partial charge in [0.15, 0.2) is 0 Å². The minimum absolute atomic E-state index is 0.603. The fourth-order valence-corrected chi connectivity index (χ4v) is 2.55. The summed E-state index contributed by atoms with van der Waals surface area (Å²) in [6.07, 6.45) is 4.61. The first-order chi connectivity index (χ1) is 8.22. The first kappa shape index (κ1) is 12.4. The summed E-state index contributed by atoms with van der Waals surface area (Å²) >= 11 is 0. The summed E-state index contributed by atoms with van der Waals surface area (Å²) < 4.78 is 0. The van der Waals surface area contributed by atoms with Crippen molar-refractivity contribution in [2.24, 2.45) is 5.92 Å². The van der Waals surface area contributed by atoms with Crippen molar-refractivity contribution in [1.82, 2.24) is 10.3 Å². The summed E-state index contributed by atoms with van der Waals surface area (Å²) in [5, 5.41) is 3.15. The largest absolute Gasteiger partial charge is 0.354 e. The smallest absolute Gasteiger partial charge is 0.128 e. The number of pyridine rings is 1. The number of anilines is 1. The van der Waals surface area contributed by atoms with Gasteiger partial charge >= 0.3 is 0 Å². The molecule has 1 aliphatic rings. The average molecular weight is 233 g/mol. The van der Waals surface area contributed by atoms with E-state index in [2.05, 4.69) is 41.2 Å². The minimum Gasteiger partial charge on any atom is -0.354 e. The fraction of sp³-hybridized carbons (Fsp3) is 0.643. The highest BCUT2D eigenvalue weighted by Gasteiger charge is 2.25. The number of hydrogen-bond acceptors (Lipinski definition) is 3. The van der Waals surface area contributed by atoms with E-state index in [9.17, 15) is 0 Å². The SMILES string of the molecule is CNCc1ccc(N2CCCC(C)C2C)nc1. The van der Waals surface area contributed by atoms with E-state index in [4.69, 9.17) is 0 Å². The molecule has 0 spiro atoms. The highest BCUT2D eigenvalue weighted by atomic mass is 15.2. The Morgan fingerprint density at radius 3 is 2.88 bits per heavy atom. The van der Waals surface area contributed by atoms with Gasteiger partial charge in [-0.1, -0.05) is 13.0 Å². The van der Waals surface area contributed by atoms with Crippen LogP contribution in [0, 0.1) is 5.92 Å². The maximum absolute atomic E-state index is 4.59. The first-order valence-corrected chi connectivity index (χ1v) is 6.58. The van der Waals surface area contributed by atoms with Gasteiger partial charge in [-0.2, -0.15) is 0 Å². The van der Waals surface area contributed by atoms with Gasteiger partial charge in [0.1, 0.15) is 5.82 Å². The Morgan fingerprint density at radius 2 is 2.24 bits per heavy atom. The Balaban J connectivity index is 2.10. The predicted molar refractivity (Wildman–Crippen MR) is 72.2 cm³/mol. The van der Waals surface area contributed by atoms with Crippen molar-refractivity contribution in [1.29, 1.82) is 0 Å². The first-order valence-electron chi connectivity index (χ1n) is 6.58. The number of hydrogen-bond donors (Lipinski definition) is 1. The third-order valence-corrected chi connectivity index (χ3v) is 3.86. The van der Waals surface area contributed by atoms with E-state index in [1.54, 1.807) is 0 Å². The number of nitrogens with one attached hydrogen (secondary N) is 1. The molecule has 0 aromatic carbocycles. The Hall–Kier alpha value is -1.09. The molecular weight excluding hydrogens is 210 g/mol. The molecule has 3 heteroatoms. The highest BCUT2D eigenvalue weighted by molar-refractivity contribution is 5.41. The van der Waals surface area contributed by atoms with Gasteiger partial charge in [0.25, 0.3) is 0 Å². The Morgan fingerprint density at radius 1 is 1.41 bits per heavy atom. The number of nitrogens with zero attached hydrogens (tertiary/aromatic N) is 2. The predicted octanol–water partition coefficient (Wildman–Crippen LogP) is 2.43. The number of aromatic nitrogens is 1. The van der Waals surface area contributed by atoms with E-state index in [1.807, 2.05) is 13.2 Å². The van der Waals surface area contributed by atoms with E-state index in [0.717, 1.165) is 24.8 Å². The molecule has 1 aliphatic heterocycles. The normalized spacial score (nSPS) is 25.0. The Labute approximate surface area is 104 Å². The van der Waals surface area contributed by atoms with Crippen molar-refractivity contribution >= 4 is 5.82 Å². The zero-order valence-electron chi connectivity index (χ0n) is 11.1. The minimum atomic E-state index is 0.603. The summed E-state index contributed by atoms with van der Waals surface area (Å²) in [6.45, 7) is 6.68. The Kier molecular flexibility index (Phi) is 4.00. The summed E-state index contributed by atoms with van der Waals surface area (Å²) in [5.74, 6) is 1.89. The lowest BCUT2D eigenvalue weighted by molar-refractivity contribution is 0.361. The second-order valence-corrected chi connectivity index (χ2v) is 5.11. The van der Waals surface area contributed by atoms with Gasteiger partial charge in [-0.15, -0.1) is 0 Å². The van der Waals surface area contributed by atoms with Gasteiger partial charge in [0.05, 0.1) is 0 Å². The second-order valence-electron chi connectivity index (χ2n) is 5.11. The van der Waals surface area contributed by atoms with E-state index in [-0.39, 0.29) is 0 Å². The number of piperidine rings is 1. The fourth-order valence-electron chi connectivity index (χ4n) is 2.55. The van der Waals surface area contributed by atoms with Crippen LogP contribution in [0.2, 0.25) is 0 Å². The molecule has 0 radical (unpaired) electrons. The molecular formula is C14H23N3. The molecule has 1 saturated heterocycles. The molecule has 0 amide bonds. The van der Waals surface area contributed by atoms with Crippen LogP contribution in [0.4, 0.5) is 5.82 Å². The molecule has 1 fully saturated rings. The van der Waals surface area contributed by atoms with E-state index < -0.39 is 0 Å². The molecule has 3 nitrogen and oxygen atoms in total. The molecule has 2 rings (SSSR count). The molecule has 1 aromatic heterocycles. The monoisotopic (exact) mass is 233 g/mol. The molecule has 0 saturated carbocycles. The molecule has 0 bridgehead atoms. The van der Waals surface area contributed by atoms with Crippen molar-refractivity contribution < 1.29 is 0 Å². The van der Waals surface area contributed by atoms with Crippen LogP contribution in [-0.2, 0) is 6.54 Å². The maximum atomic E-state index is 4.59. The standard InChI is InChI=1S/C14H23N3/c1-11-5-4-8-17(12(11)2)14-7-6-13(9-15-3)10-16-14/h6-7,10-12,15H,4-5,8-9H2,1-3H3. The molecule has 2 atom stereocenters. The van der Waals surface area contributed by atoms with Crippen molar-refractivity contribution in [3.8, 4) is 0 Å². The molecule has 17 heavy (non-hydrogen) atoms. The van der Waals surface area contributed by atoms with Gasteiger partial charge in [-0.25, -0.2) is 4.98 Å². The van der Waals surface area contributed by atoms with Crippen LogP contribution in [0.5, 0.6) is 0 Å². The van der Waals surface area contributed by atoms with E-state index in [0.29, 0.717) is 6.04 Å². The third kappa shape index (κ3) is 2.78. The van der Waals surface area contributed by atoms with Crippen LogP contribution >= 0.6 is 0 Å². The van der Waals surface area contributed by atoms with Crippen LogP contribution in [-0.4, -0.2) is 24.6 Å². The molecule has 1 N–H and O–H groups in total. The molecule has 1 aromatic rings. The van der Waals surface area contributed by atoms with Crippen molar-refractivity contribution in [3.05, 3.63) is 23.9 Å². The van der Waals surface area contributed by atoms with Crippen LogP contribution in [0.25, 0.3) is 0 Å². The van der Waals surface area contributed by atoms with Gasteiger partial charge in [0.2, 0.25) is 0 Å². The van der Waals surface area contributed by atoms with Crippen molar-refractivity contribution in [2.75, 3.05) is 18.5 Å². The van der Waals surface area contributed by atoms with E-state index in [1.165, 1.54) is 18.4 Å². The zero-order valence-corrected chi connectivity index (χ0v) is 11.1. The summed E-state index contributed by atoms with van der Waals surface area (Å²) in [4.78, 5) is 7.03. The van der Waals surface area contributed by atoms with Gasteiger partial charge < -0.3 is 10.2 Å². The van der Waals surface area contributed by atoms with Crippen LogP contribution in [0.3, 0.4) is 0 Å². The molecule has 2 unspecified atom stereocenters. The van der Waals surface area contributed by atoms with Gasteiger partial charge in [-0.05, 0) is 44.4 Å². The van der Waals surface area contributed by atoms with Crippen molar-refractivity contribution in [2.45, 2.75) is 39.3 Å². The molecule has 94 valence electrons. The topological polar surface area (TPSA) is 28.2 Å². The third-order valence-electron chi connectivity index (χ3n) is 3.86. The van der Waals surface area contributed by atoms with Crippen LogP contribution < -0.4 is 10.2 Å². The lowest BCUT2D eigenvalue weighted by Gasteiger charge is -2.38. The second kappa shape index (κ2) is 5.50. The highest BCUT2D eigenvalue weighted by Crippen LogP contribution is 2.26. The molecule has 0 aliphatic carbocycles. The quantitative estimate of drug-likeness (QED) is 0.869. The Bertz CT molecular complexity index is 347. The lowest BCUT2D eigenvalue weighted by Crippen LogP contribution is -2.42. The van der Waals surface area contributed by atoms with Crippen LogP contribution in [0.15, 0.2) is 18.3 Å². The van der Waals surface area contributed by atoms with Crippen LogP contribution in [0.1, 0.15) is 32.3 Å². The molecule has 2 heterocycles. The zero-order chi connectivity index (χ0) is 12.3. The van der Waals surface area contributed by atoms with Crippen molar-refractivity contribution in [3.63, 3.8) is 0 Å². The number of rotatable bonds is 3. The van der Waals surface area contributed by atoms with Gasteiger partial charge in [-0.3, -0.25) is 0 Å². The average Bonchev–Trinajstić information content (AvgIpc) is 2.34. The maximum Gasteiger partial charge on any atom is 0.128 e. The van der Waals surface area contributed by atoms with Gasteiger partial charge in [0, 0.05) is 25.3 Å². The lowest BCUT2D eigenvalue weighted by atomic mass is 9.92.